The van der Waals surface area contributed by atoms with E-state index in [1.165, 1.54) is 121 Å². The number of carbonyl (C=O) groups excluding carboxylic acids is 2. The highest BCUT2D eigenvalue weighted by molar-refractivity contribution is 6.31. The summed E-state index contributed by atoms with van der Waals surface area (Å²) >= 11 is 12.7. The van der Waals surface area contributed by atoms with Crippen LogP contribution < -0.4 is 9.47 Å². The Morgan fingerprint density at radius 2 is 0.938 bits per heavy atom. The minimum atomic E-state index is -0.279. The zero-order chi connectivity index (χ0) is 56.7. The van der Waals surface area contributed by atoms with Gasteiger partial charge in [0.05, 0.1) is 26.4 Å². The molecule has 15 heteroatoms. The summed E-state index contributed by atoms with van der Waals surface area (Å²) in [4.78, 5) is 44.9. The van der Waals surface area contributed by atoms with Gasteiger partial charge in [-0.3, -0.25) is 9.80 Å². The number of aromatic amines is 2. The largest absolute Gasteiger partial charge is 0.494 e. The predicted molar refractivity (Wildman–Crippen MR) is 329 cm³/mol. The third-order valence-electron chi connectivity index (χ3n) is 16.4. The number of carbonyl (C=O) groups is 2. The minimum Gasteiger partial charge on any atom is -0.494 e. The number of halogens is 2. The lowest BCUT2D eigenvalue weighted by molar-refractivity contribution is 0.0791. The molecule has 6 aromatic rings. The molecule has 2 saturated heterocycles. The van der Waals surface area contributed by atoms with E-state index in [1.54, 1.807) is 0 Å². The van der Waals surface area contributed by atoms with Crippen LogP contribution in [-0.4, -0.2) is 146 Å². The maximum absolute atomic E-state index is 13.2. The molecule has 0 saturated carbocycles. The SMILES string of the molecule is CC(C)COC(=O)N1CCc2c([nH]c3ccc(Cl)cc23)C1c1ccc(OCCCCCCN2CCCCC2)cc1.CC(C)COC(=O)N1CCc2c([nH]c3ccc(Cl)cc23)C1c1ccc(OCCCCCCN2CCN(C)CC2)cc1. The molecular weight excluding hydrogens is 1060 g/mol. The summed E-state index contributed by atoms with van der Waals surface area (Å²) < 4.78 is 23.5. The quantitative estimate of drug-likeness (QED) is 0.0641. The molecule has 10 rings (SSSR count). The van der Waals surface area contributed by atoms with Crippen LogP contribution >= 0.6 is 23.2 Å². The summed E-state index contributed by atoms with van der Waals surface area (Å²) in [5.74, 6) is 2.29. The zero-order valence-electron chi connectivity index (χ0n) is 48.9. The number of amides is 2. The van der Waals surface area contributed by atoms with Gasteiger partial charge in [-0.1, -0.05) is 107 Å². The summed E-state index contributed by atoms with van der Waals surface area (Å²) in [6.07, 6.45) is 14.7. The number of unbranched alkanes of at least 4 members (excludes halogenated alkanes) is 6. The molecule has 6 heterocycles. The Kier molecular flexibility index (Phi) is 22.1. The lowest BCUT2D eigenvalue weighted by atomic mass is 9.92. The highest BCUT2D eigenvalue weighted by Gasteiger charge is 2.37. The monoisotopic (exact) mass is 1150 g/mol. The van der Waals surface area contributed by atoms with E-state index in [2.05, 4.69) is 69.8 Å². The van der Waals surface area contributed by atoms with Gasteiger partial charge in [-0.15, -0.1) is 0 Å². The molecule has 0 aliphatic carbocycles. The Bertz CT molecular complexity index is 2930. The molecule has 2 N–H and O–H groups in total. The third kappa shape index (κ3) is 16.4. The number of rotatable bonds is 22. The first-order chi connectivity index (χ1) is 39.4. The summed E-state index contributed by atoms with van der Waals surface area (Å²) in [6.45, 7) is 21.4. The molecule has 81 heavy (non-hydrogen) atoms. The fourth-order valence-electron chi connectivity index (χ4n) is 12.0. The van der Waals surface area contributed by atoms with Crippen LogP contribution in [0.1, 0.15) is 144 Å². The molecule has 2 unspecified atom stereocenters. The second-order valence-corrected chi connectivity index (χ2v) is 24.6. The van der Waals surface area contributed by atoms with E-state index in [0.717, 1.165) is 94.7 Å². The molecule has 4 aliphatic heterocycles. The van der Waals surface area contributed by atoms with Crippen LogP contribution in [0.4, 0.5) is 9.59 Å². The number of likely N-dealkylation sites (tertiary alicyclic amines) is 1. The lowest BCUT2D eigenvalue weighted by Gasteiger charge is -2.35. The Balaban J connectivity index is 0.000000196. The number of fused-ring (bicyclic) bond motifs is 6. The molecule has 4 aliphatic rings. The molecule has 438 valence electrons. The van der Waals surface area contributed by atoms with Gasteiger partial charge in [0, 0.05) is 82.5 Å². The number of piperazine rings is 1. The molecule has 0 bridgehead atoms. The van der Waals surface area contributed by atoms with E-state index in [9.17, 15) is 9.59 Å². The number of piperidine rings is 1. The Hall–Kier alpha value is -5.44. The van der Waals surface area contributed by atoms with E-state index in [1.807, 2.05) is 84.3 Å². The summed E-state index contributed by atoms with van der Waals surface area (Å²) in [5.41, 5.74) is 8.62. The fraction of sp³-hybridized carbons (Fsp3) is 0.545. The number of benzene rings is 4. The molecule has 2 atom stereocenters. The number of H-pyrrole nitrogens is 2. The van der Waals surface area contributed by atoms with Crippen LogP contribution in [-0.2, 0) is 22.3 Å². The smallest absolute Gasteiger partial charge is 0.410 e. The van der Waals surface area contributed by atoms with Gasteiger partial charge in [-0.05, 0) is 179 Å². The van der Waals surface area contributed by atoms with Gasteiger partial charge in [0.15, 0.2) is 0 Å². The van der Waals surface area contributed by atoms with Crippen molar-refractivity contribution < 1.29 is 28.5 Å². The normalized spacial score (nSPS) is 18.0. The van der Waals surface area contributed by atoms with Crippen molar-refractivity contribution >= 4 is 57.2 Å². The summed E-state index contributed by atoms with van der Waals surface area (Å²) in [7, 11) is 2.20. The van der Waals surface area contributed by atoms with E-state index < -0.39 is 0 Å². The maximum atomic E-state index is 13.2. The van der Waals surface area contributed by atoms with Gasteiger partial charge < -0.3 is 43.6 Å². The van der Waals surface area contributed by atoms with Crippen LogP contribution in [0.25, 0.3) is 21.8 Å². The summed E-state index contributed by atoms with van der Waals surface area (Å²) in [6, 6.07) is 27.7. The summed E-state index contributed by atoms with van der Waals surface area (Å²) in [5, 5.41) is 3.68. The van der Waals surface area contributed by atoms with Crippen molar-refractivity contribution in [1.82, 2.24) is 34.5 Å². The Morgan fingerprint density at radius 3 is 1.37 bits per heavy atom. The van der Waals surface area contributed by atoms with Crippen molar-refractivity contribution in [3.63, 3.8) is 0 Å². The average Bonchev–Trinajstić information content (AvgIpc) is 3.76. The number of ether oxygens (including phenoxy) is 4. The van der Waals surface area contributed by atoms with Gasteiger partial charge >= 0.3 is 12.2 Å². The molecule has 4 aromatic carbocycles. The molecule has 13 nitrogen and oxygen atoms in total. The highest BCUT2D eigenvalue weighted by Crippen LogP contribution is 2.42. The predicted octanol–water partition coefficient (Wildman–Crippen LogP) is 14.7. The number of aromatic nitrogens is 2. The van der Waals surface area contributed by atoms with E-state index in [0.29, 0.717) is 36.3 Å². The maximum Gasteiger partial charge on any atom is 0.410 e. The number of nitrogens with one attached hydrogen (secondary N) is 2. The van der Waals surface area contributed by atoms with Gasteiger partial charge in [-0.25, -0.2) is 9.59 Å². The van der Waals surface area contributed by atoms with Crippen molar-refractivity contribution in [3.05, 3.63) is 129 Å². The van der Waals surface area contributed by atoms with Gasteiger partial charge in [-0.2, -0.15) is 0 Å². The fourth-order valence-corrected chi connectivity index (χ4v) is 12.3. The molecular formula is C66H89Cl2N7O6. The number of hydrogen-bond donors (Lipinski definition) is 2. The van der Waals surface area contributed by atoms with Gasteiger partial charge in [0.25, 0.3) is 0 Å². The standard InChI is InChI=1S/C33H45ClN4O3.C33H44ClN3O3/c1-24(2)23-41-33(39)38-16-14-28-29-22-26(34)10-13-30(29)35-31(28)32(38)25-8-11-27(12-9-25)40-21-7-5-4-6-15-37-19-17-36(3)18-20-37;1-24(2)23-40-33(38)37-20-16-28-29-22-26(34)12-15-30(29)35-31(28)32(37)25-10-13-27(14-11-25)39-21-9-4-3-6-17-36-18-7-5-8-19-36/h8-13,22,24,32,35H,4-7,14-21,23H2,1-3H3;10-15,22,24,32,35H,3-9,16-21,23H2,1-2H3. The molecule has 0 radical (unpaired) electrons. The van der Waals surface area contributed by atoms with Crippen molar-refractivity contribution in [2.45, 2.75) is 123 Å². The van der Waals surface area contributed by atoms with Crippen LogP contribution in [0.15, 0.2) is 84.9 Å². The van der Waals surface area contributed by atoms with Crippen molar-refractivity contribution in [2.24, 2.45) is 11.8 Å². The molecule has 2 aromatic heterocycles. The first-order valence-corrected chi connectivity index (χ1v) is 31.2. The van der Waals surface area contributed by atoms with Gasteiger partial charge in [0.2, 0.25) is 0 Å². The third-order valence-corrected chi connectivity index (χ3v) is 16.9. The molecule has 2 fully saturated rings. The first-order valence-electron chi connectivity index (χ1n) is 30.4. The van der Waals surface area contributed by atoms with E-state index in [4.69, 9.17) is 42.1 Å². The number of hydrogen-bond acceptors (Lipinski definition) is 9. The number of likely N-dealkylation sites (N-methyl/N-ethyl adjacent to an activating group) is 1. The Morgan fingerprint density at radius 1 is 0.519 bits per heavy atom. The van der Waals surface area contributed by atoms with Gasteiger partial charge in [0.1, 0.15) is 23.6 Å². The average molecular weight is 1150 g/mol. The first kappa shape index (κ1) is 60.2. The molecule has 2 amide bonds. The second-order valence-electron chi connectivity index (χ2n) is 23.8. The van der Waals surface area contributed by atoms with Crippen LogP contribution in [0.5, 0.6) is 11.5 Å². The number of nitrogens with zero attached hydrogens (tertiary/aromatic N) is 5. The van der Waals surface area contributed by atoms with E-state index in [-0.39, 0.29) is 36.1 Å². The van der Waals surface area contributed by atoms with Crippen LogP contribution in [0.2, 0.25) is 10.0 Å². The topological polar surface area (TPSA) is 119 Å². The van der Waals surface area contributed by atoms with Crippen molar-refractivity contribution in [3.8, 4) is 11.5 Å². The van der Waals surface area contributed by atoms with Crippen LogP contribution in [0.3, 0.4) is 0 Å². The Labute approximate surface area is 491 Å². The zero-order valence-corrected chi connectivity index (χ0v) is 50.4. The van der Waals surface area contributed by atoms with E-state index >= 15 is 0 Å². The lowest BCUT2D eigenvalue weighted by Crippen LogP contribution is -2.44. The van der Waals surface area contributed by atoms with Crippen molar-refractivity contribution in [1.29, 1.82) is 0 Å². The highest BCUT2D eigenvalue weighted by atomic mass is 35.5. The molecule has 0 spiro atoms. The second kappa shape index (κ2) is 29.7. The van der Waals surface area contributed by atoms with Crippen LogP contribution in [0, 0.1) is 11.8 Å². The minimum absolute atomic E-state index is 0.261. The van der Waals surface area contributed by atoms with Crippen molar-refractivity contribution in [2.75, 3.05) is 98.9 Å².